The van der Waals surface area contributed by atoms with Crippen LogP contribution in [0.2, 0.25) is 0 Å². The molecule has 1 aromatic heterocycles. The first-order chi connectivity index (χ1) is 14.8. The van der Waals surface area contributed by atoms with E-state index in [0.29, 0.717) is 47.5 Å². The van der Waals surface area contributed by atoms with Gasteiger partial charge in [0.15, 0.2) is 5.01 Å². The van der Waals surface area contributed by atoms with Gasteiger partial charge in [-0.1, -0.05) is 0 Å². The van der Waals surface area contributed by atoms with Gasteiger partial charge in [0.2, 0.25) is 5.82 Å². The molecule has 0 spiro atoms. The van der Waals surface area contributed by atoms with Crippen LogP contribution in [0, 0.1) is 31.9 Å². The number of hydrogen-bond donors (Lipinski definition) is 1. The van der Waals surface area contributed by atoms with E-state index in [1.54, 1.807) is 6.07 Å². The molecule has 3 aromatic rings. The number of aromatic nitrogens is 1. The smallest absolute Gasteiger partial charge is 0.307 e. The lowest BCUT2D eigenvalue weighted by molar-refractivity contribution is -0.387. The maximum atomic E-state index is 14.3. The van der Waals surface area contributed by atoms with Crippen LogP contribution in [0.1, 0.15) is 27.5 Å². The summed E-state index contributed by atoms with van der Waals surface area (Å²) < 4.78 is 28.3. The summed E-state index contributed by atoms with van der Waals surface area (Å²) in [6.07, 6.45) is 1.77. The Balaban J connectivity index is 1.69. The molecule has 0 saturated heterocycles. The van der Waals surface area contributed by atoms with Crippen LogP contribution in [0.15, 0.2) is 30.3 Å². The Morgan fingerprint density at radius 1 is 1.10 bits per heavy atom. The SMILES string of the molecule is O=C(Nc1c(F)ccc([N+](=O)[O-])c1F)c1nc2c(s1)-c1ccc([N+](=O)[O-])cc1CCC2. The van der Waals surface area contributed by atoms with E-state index in [1.807, 2.05) is 5.32 Å². The molecule has 158 valence electrons. The van der Waals surface area contributed by atoms with E-state index in [9.17, 15) is 33.8 Å². The maximum absolute atomic E-state index is 14.3. The summed E-state index contributed by atoms with van der Waals surface area (Å²) in [5.74, 6) is -3.57. The largest absolute Gasteiger partial charge is 0.315 e. The van der Waals surface area contributed by atoms with Gasteiger partial charge in [0.1, 0.15) is 11.5 Å². The van der Waals surface area contributed by atoms with E-state index in [-0.39, 0.29) is 10.7 Å². The molecule has 31 heavy (non-hydrogen) atoms. The van der Waals surface area contributed by atoms with Crippen LogP contribution in [-0.4, -0.2) is 20.7 Å². The fourth-order valence-electron chi connectivity index (χ4n) is 3.36. The molecule has 1 heterocycles. The fourth-order valence-corrected chi connectivity index (χ4v) is 4.43. The van der Waals surface area contributed by atoms with E-state index in [1.165, 1.54) is 12.1 Å². The van der Waals surface area contributed by atoms with E-state index in [0.717, 1.165) is 16.9 Å². The van der Waals surface area contributed by atoms with Gasteiger partial charge in [0.05, 0.1) is 20.4 Å². The Labute approximate surface area is 176 Å². The van der Waals surface area contributed by atoms with E-state index >= 15 is 0 Å². The van der Waals surface area contributed by atoms with Crippen molar-refractivity contribution < 1.29 is 23.4 Å². The molecule has 0 bridgehead atoms. The first kappa shape index (κ1) is 20.5. The molecule has 0 radical (unpaired) electrons. The Morgan fingerprint density at radius 3 is 2.58 bits per heavy atom. The van der Waals surface area contributed by atoms with Gasteiger partial charge in [0, 0.05) is 18.2 Å². The molecule has 2 aromatic carbocycles. The summed E-state index contributed by atoms with van der Waals surface area (Å²) in [7, 11) is 0. The van der Waals surface area contributed by atoms with Crippen LogP contribution >= 0.6 is 11.3 Å². The molecule has 9 nitrogen and oxygen atoms in total. The van der Waals surface area contributed by atoms with Crippen LogP contribution < -0.4 is 5.32 Å². The number of halogens is 2. The zero-order valence-corrected chi connectivity index (χ0v) is 16.4. The number of aryl methyl sites for hydroxylation is 2. The summed E-state index contributed by atoms with van der Waals surface area (Å²) in [5, 5.41) is 23.9. The predicted octanol–water partition coefficient (Wildman–Crippen LogP) is 4.65. The van der Waals surface area contributed by atoms with Crippen LogP contribution in [-0.2, 0) is 12.8 Å². The van der Waals surface area contributed by atoms with Crippen molar-refractivity contribution in [3.8, 4) is 10.4 Å². The summed E-state index contributed by atoms with van der Waals surface area (Å²) in [4.78, 5) is 37.9. The molecular formula is C19H12F2N4O5S. The number of hydrogen-bond acceptors (Lipinski definition) is 7. The van der Waals surface area contributed by atoms with Gasteiger partial charge < -0.3 is 5.32 Å². The summed E-state index contributed by atoms with van der Waals surface area (Å²) in [6, 6.07) is 5.80. The normalized spacial score (nSPS) is 12.5. The number of nitro groups is 2. The van der Waals surface area contributed by atoms with Crippen molar-refractivity contribution in [1.29, 1.82) is 0 Å². The number of non-ortho nitro benzene ring substituents is 1. The number of benzene rings is 2. The summed E-state index contributed by atoms with van der Waals surface area (Å²) in [5.41, 5.74) is 0.119. The number of rotatable bonds is 4. The minimum atomic E-state index is -1.49. The van der Waals surface area contributed by atoms with Gasteiger partial charge in [-0.3, -0.25) is 25.0 Å². The number of carbonyl (C=O) groups excluding carboxylic acids is 1. The van der Waals surface area contributed by atoms with Crippen molar-refractivity contribution >= 4 is 34.3 Å². The zero-order valence-electron chi connectivity index (χ0n) is 15.6. The molecule has 0 saturated carbocycles. The highest BCUT2D eigenvalue weighted by Gasteiger charge is 2.27. The first-order valence-corrected chi connectivity index (χ1v) is 9.79. The molecule has 0 fully saturated rings. The van der Waals surface area contributed by atoms with Crippen molar-refractivity contribution in [3.05, 3.63) is 78.5 Å². The molecule has 1 N–H and O–H groups in total. The lowest BCUT2D eigenvalue weighted by Crippen LogP contribution is -2.15. The number of nitrogens with one attached hydrogen (secondary N) is 1. The highest BCUT2D eigenvalue weighted by Crippen LogP contribution is 2.38. The van der Waals surface area contributed by atoms with Gasteiger partial charge >= 0.3 is 5.69 Å². The molecule has 0 unspecified atom stereocenters. The molecule has 1 aliphatic rings. The predicted molar refractivity (Wildman–Crippen MR) is 107 cm³/mol. The van der Waals surface area contributed by atoms with Gasteiger partial charge in [-0.2, -0.15) is 4.39 Å². The second-order valence-electron chi connectivity index (χ2n) is 6.71. The molecule has 0 atom stereocenters. The number of fused-ring (bicyclic) bond motifs is 3. The highest BCUT2D eigenvalue weighted by molar-refractivity contribution is 7.17. The number of carbonyl (C=O) groups is 1. The van der Waals surface area contributed by atoms with Crippen molar-refractivity contribution in [2.75, 3.05) is 5.32 Å². The molecule has 4 rings (SSSR count). The van der Waals surface area contributed by atoms with E-state index in [4.69, 9.17) is 0 Å². The third-order valence-corrected chi connectivity index (χ3v) is 5.93. The molecule has 1 aliphatic carbocycles. The minimum Gasteiger partial charge on any atom is -0.315 e. The topological polar surface area (TPSA) is 128 Å². The van der Waals surface area contributed by atoms with E-state index in [2.05, 4.69) is 4.98 Å². The van der Waals surface area contributed by atoms with Crippen LogP contribution in [0.5, 0.6) is 0 Å². The van der Waals surface area contributed by atoms with Gasteiger partial charge in [-0.15, -0.1) is 11.3 Å². The number of anilines is 1. The van der Waals surface area contributed by atoms with Crippen molar-refractivity contribution in [2.24, 2.45) is 0 Å². The third-order valence-electron chi connectivity index (χ3n) is 4.80. The molecule has 0 aliphatic heterocycles. The Bertz CT molecular complexity index is 1260. The second-order valence-corrected chi connectivity index (χ2v) is 7.71. The van der Waals surface area contributed by atoms with Crippen molar-refractivity contribution in [3.63, 3.8) is 0 Å². The maximum Gasteiger partial charge on any atom is 0.307 e. The quantitative estimate of drug-likeness (QED) is 0.459. The molecule has 1 amide bonds. The zero-order chi connectivity index (χ0) is 22.3. The van der Waals surface area contributed by atoms with Crippen molar-refractivity contribution in [1.82, 2.24) is 4.98 Å². The van der Waals surface area contributed by atoms with Crippen molar-refractivity contribution in [2.45, 2.75) is 19.3 Å². The van der Waals surface area contributed by atoms with Gasteiger partial charge in [-0.05, 0) is 42.5 Å². The van der Waals surface area contributed by atoms with Gasteiger partial charge in [0.25, 0.3) is 11.6 Å². The highest BCUT2D eigenvalue weighted by atomic mass is 32.1. The number of amides is 1. The molecular weight excluding hydrogens is 434 g/mol. The summed E-state index contributed by atoms with van der Waals surface area (Å²) >= 11 is 0.983. The Hall–Kier alpha value is -3.80. The lowest BCUT2D eigenvalue weighted by atomic mass is 10.0. The minimum absolute atomic E-state index is 0.0405. The number of nitro benzene ring substituents is 2. The summed E-state index contributed by atoms with van der Waals surface area (Å²) in [6.45, 7) is 0. The number of nitrogens with zero attached hydrogens (tertiary/aromatic N) is 3. The monoisotopic (exact) mass is 446 g/mol. The second kappa shape index (κ2) is 7.80. The fraction of sp³-hybridized carbons (Fsp3) is 0.158. The lowest BCUT2D eigenvalue weighted by Gasteiger charge is -2.06. The Kier molecular flexibility index (Phi) is 5.15. The number of thiazole rings is 1. The van der Waals surface area contributed by atoms with Gasteiger partial charge in [-0.25, -0.2) is 9.37 Å². The standard InChI is InChI=1S/C19H12F2N4O5S/c20-12-6-7-14(25(29)30)15(21)16(12)23-18(26)19-22-13-3-1-2-9-8-10(24(27)28)4-5-11(9)17(13)31-19/h4-8H,1-3H2,(H,23,26). The average molecular weight is 446 g/mol. The average Bonchev–Trinajstić information content (AvgIpc) is 3.07. The first-order valence-electron chi connectivity index (χ1n) is 8.97. The molecule has 12 heteroatoms. The van der Waals surface area contributed by atoms with Crippen LogP contribution in [0.25, 0.3) is 10.4 Å². The van der Waals surface area contributed by atoms with Crippen LogP contribution in [0.3, 0.4) is 0 Å². The van der Waals surface area contributed by atoms with E-state index < -0.39 is 38.8 Å². The van der Waals surface area contributed by atoms with Crippen LogP contribution in [0.4, 0.5) is 25.8 Å². The Morgan fingerprint density at radius 2 is 1.87 bits per heavy atom. The third kappa shape index (κ3) is 3.72.